The minimum Gasteiger partial charge on any atom is -0.493 e. The molecule has 0 bridgehead atoms. The molecule has 0 radical (unpaired) electrons. The topological polar surface area (TPSA) is 67.8 Å². The summed E-state index contributed by atoms with van der Waals surface area (Å²) in [4.78, 5) is 8.31. The Labute approximate surface area is 153 Å². The van der Waals surface area contributed by atoms with Crippen LogP contribution in [0.25, 0.3) is 0 Å². The van der Waals surface area contributed by atoms with E-state index in [1.807, 2.05) is 31.2 Å². The third-order valence-corrected chi connectivity index (χ3v) is 3.67. The lowest BCUT2D eigenvalue weighted by atomic mass is 10.2. The molecule has 7 heteroatoms. The fourth-order valence-electron chi connectivity index (χ4n) is 2.22. The molecule has 0 fully saturated rings. The number of aliphatic imine (C=N–C) groups is 1. The number of aromatic nitrogens is 1. The van der Waals surface area contributed by atoms with E-state index in [-0.39, 0.29) is 0 Å². The normalized spacial score (nSPS) is 11.1. The first kappa shape index (κ1) is 18.9. The molecule has 1 aromatic heterocycles. The number of ether oxygens (including phenoxy) is 2. The smallest absolute Gasteiger partial charge is 0.195 e. The van der Waals surface area contributed by atoms with Crippen LogP contribution in [0.3, 0.4) is 0 Å². The van der Waals surface area contributed by atoms with Crippen molar-refractivity contribution in [2.24, 2.45) is 4.99 Å². The molecule has 0 saturated carbocycles. The highest BCUT2D eigenvalue weighted by Gasteiger charge is 2.07. The summed E-state index contributed by atoms with van der Waals surface area (Å²) < 4.78 is 10.9. The van der Waals surface area contributed by atoms with Gasteiger partial charge in [0.1, 0.15) is 5.15 Å². The molecule has 0 saturated heterocycles. The average molecular weight is 363 g/mol. The Morgan fingerprint density at radius 2 is 2.08 bits per heavy atom. The van der Waals surface area contributed by atoms with Gasteiger partial charge >= 0.3 is 0 Å². The quantitative estimate of drug-likeness (QED) is 0.449. The van der Waals surface area contributed by atoms with Gasteiger partial charge in [0, 0.05) is 31.5 Å². The maximum Gasteiger partial charge on any atom is 0.195 e. The van der Waals surface area contributed by atoms with Gasteiger partial charge in [0.2, 0.25) is 0 Å². The molecule has 0 atom stereocenters. The second kappa shape index (κ2) is 9.74. The van der Waals surface area contributed by atoms with Crippen molar-refractivity contribution in [2.45, 2.75) is 13.3 Å². The molecule has 2 rings (SSSR count). The minimum absolute atomic E-state index is 0.499. The highest BCUT2D eigenvalue weighted by molar-refractivity contribution is 6.29. The van der Waals surface area contributed by atoms with Gasteiger partial charge in [0.05, 0.1) is 13.7 Å². The van der Waals surface area contributed by atoms with Crippen LogP contribution in [0.15, 0.2) is 41.5 Å². The van der Waals surface area contributed by atoms with E-state index in [9.17, 15) is 0 Å². The van der Waals surface area contributed by atoms with Gasteiger partial charge in [-0.05, 0) is 37.1 Å². The molecule has 1 heterocycles. The van der Waals surface area contributed by atoms with Crippen molar-refractivity contribution in [2.75, 3.05) is 32.6 Å². The summed E-state index contributed by atoms with van der Waals surface area (Å²) in [6, 6.07) is 9.41. The standard InChI is InChI=1S/C18H23ClN4O2/c1-4-25-16-11-14(6-7-15(16)24-3)23-18(20-2)21-10-9-13-5-8-17(19)22-12-13/h5-8,11-12H,4,9-10H2,1-3H3,(H2,20,21,23). The molecule has 6 nitrogen and oxygen atoms in total. The predicted molar refractivity (Wildman–Crippen MR) is 102 cm³/mol. The summed E-state index contributed by atoms with van der Waals surface area (Å²) in [6.45, 7) is 3.23. The lowest BCUT2D eigenvalue weighted by molar-refractivity contribution is 0.311. The maximum atomic E-state index is 5.79. The first-order valence-corrected chi connectivity index (χ1v) is 8.43. The maximum absolute atomic E-state index is 5.79. The molecule has 1 aromatic carbocycles. The Balaban J connectivity index is 1.93. The van der Waals surface area contributed by atoms with Crippen LogP contribution in [0.2, 0.25) is 5.15 Å². The van der Waals surface area contributed by atoms with E-state index >= 15 is 0 Å². The molecular weight excluding hydrogens is 340 g/mol. The van der Waals surface area contributed by atoms with Crippen LogP contribution in [0, 0.1) is 0 Å². The van der Waals surface area contributed by atoms with E-state index in [1.165, 1.54) is 0 Å². The third kappa shape index (κ3) is 5.83. The van der Waals surface area contributed by atoms with E-state index in [0.717, 1.165) is 24.2 Å². The summed E-state index contributed by atoms with van der Waals surface area (Å²) in [6.07, 6.45) is 2.59. The van der Waals surface area contributed by atoms with E-state index < -0.39 is 0 Å². The lowest BCUT2D eigenvalue weighted by Gasteiger charge is -2.14. The number of pyridine rings is 1. The Kier molecular flexibility index (Phi) is 7.35. The zero-order chi connectivity index (χ0) is 18.1. The Morgan fingerprint density at radius 1 is 1.24 bits per heavy atom. The fraction of sp³-hybridized carbons (Fsp3) is 0.333. The number of nitrogens with one attached hydrogen (secondary N) is 2. The van der Waals surface area contributed by atoms with Crippen molar-refractivity contribution in [3.05, 3.63) is 47.2 Å². The molecule has 134 valence electrons. The number of halogens is 1. The Hall–Kier alpha value is -2.47. The van der Waals surface area contributed by atoms with Gasteiger partial charge in [-0.25, -0.2) is 4.98 Å². The van der Waals surface area contributed by atoms with Gasteiger partial charge in [-0.3, -0.25) is 4.99 Å². The Morgan fingerprint density at radius 3 is 2.72 bits per heavy atom. The largest absolute Gasteiger partial charge is 0.493 e. The summed E-state index contributed by atoms with van der Waals surface area (Å²) in [7, 11) is 3.35. The van der Waals surface area contributed by atoms with Crippen LogP contribution in [0.4, 0.5) is 5.69 Å². The molecule has 0 aliphatic rings. The van der Waals surface area contributed by atoms with E-state index in [4.69, 9.17) is 21.1 Å². The predicted octanol–water partition coefficient (Wildman–Crippen LogP) is 3.37. The van der Waals surface area contributed by atoms with Crippen molar-refractivity contribution in [3.63, 3.8) is 0 Å². The number of hydrogen-bond donors (Lipinski definition) is 2. The molecule has 0 aliphatic carbocycles. The molecule has 0 amide bonds. The van der Waals surface area contributed by atoms with Crippen LogP contribution >= 0.6 is 11.6 Å². The van der Waals surface area contributed by atoms with Gasteiger partial charge in [-0.2, -0.15) is 0 Å². The number of benzene rings is 1. The van der Waals surface area contributed by atoms with Crippen LogP contribution < -0.4 is 20.1 Å². The van der Waals surface area contributed by atoms with Crippen molar-refractivity contribution in [1.29, 1.82) is 0 Å². The Bertz CT molecular complexity index is 705. The molecule has 0 spiro atoms. The number of hydrogen-bond acceptors (Lipinski definition) is 4. The summed E-state index contributed by atoms with van der Waals surface area (Å²) in [5.74, 6) is 2.07. The van der Waals surface area contributed by atoms with Gasteiger partial charge < -0.3 is 20.1 Å². The first-order chi connectivity index (χ1) is 12.2. The van der Waals surface area contributed by atoms with Crippen molar-refractivity contribution >= 4 is 23.2 Å². The summed E-state index contributed by atoms with van der Waals surface area (Å²) in [5, 5.41) is 7.01. The molecule has 0 unspecified atom stereocenters. The minimum atomic E-state index is 0.499. The van der Waals surface area contributed by atoms with Gasteiger partial charge in [-0.1, -0.05) is 17.7 Å². The third-order valence-electron chi connectivity index (χ3n) is 3.44. The van der Waals surface area contributed by atoms with E-state index in [0.29, 0.717) is 29.2 Å². The SMILES string of the molecule is CCOc1cc(NC(=NC)NCCc2ccc(Cl)nc2)ccc1OC. The zero-order valence-electron chi connectivity index (χ0n) is 14.7. The van der Waals surface area contributed by atoms with Gasteiger partial charge in [0.25, 0.3) is 0 Å². The van der Waals surface area contributed by atoms with E-state index in [1.54, 1.807) is 26.4 Å². The number of rotatable bonds is 7. The monoisotopic (exact) mass is 362 g/mol. The number of anilines is 1. The second-order valence-corrected chi connectivity index (χ2v) is 5.55. The average Bonchev–Trinajstić information content (AvgIpc) is 2.63. The highest BCUT2D eigenvalue weighted by Crippen LogP contribution is 2.30. The number of nitrogens with zero attached hydrogens (tertiary/aromatic N) is 2. The summed E-state index contributed by atoms with van der Waals surface area (Å²) >= 11 is 5.79. The number of methoxy groups -OCH3 is 1. The van der Waals surface area contributed by atoms with Crippen LogP contribution in [0.5, 0.6) is 11.5 Å². The van der Waals surface area contributed by atoms with Gasteiger partial charge in [-0.15, -0.1) is 0 Å². The molecule has 2 aromatic rings. The van der Waals surface area contributed by atoms with Crippen molar-refractivity contribution < 1.29 is 9.47 Å². The second-order valence-electron chi connectivity index (χ2n) is 5.16. The zero-order valence-corrected chi connectivity index (χ0v) is 15.4. The van der Waals surface area contributed by atoms with Crippen LogP contribution in [-0.2, 0) is 6.42 Å². The molecule has 2 N–H and O–H groups in total. The van der Waals surface area contributed by atoms with Crippen LogP contribution in [-0.4, -0.2) is 38.3 Å². The summed E-state index contributed by atoms with van der Waals surface area (Å²) in [5.41, 5.74) is 1.97. The van der Waals surface area contributed by atoms with Crippen LogP contribution in [0.1, 0.15) is 12.5 Å². The van der Waals surface area contributed by atoms with Gasteiger partial charge in [0.15, 0.2) is 17.5 Å². The fourth-order valence-corrected chi connectivity index (χ4v) is 2.33. The van der Waals surface area contributed by atoms with E-state index in [2.05, 4.69) is 20.6 Å². The number of guanidine groups is 1. The van der Waals surface area contributed by atoms with Crippen molar-refractivity contribution in [3.8, 4) is 11.5 Å². The molecule has 0 aliphatic heterocycles. The first-order valence-electron chi connectivity index (χ1n) is 8.05. The highest BCUT2D eigenvalue weighted by atomic mass is 35.5. The molecular formula is C18H23ClN4O2. The molecule has 25 heavy (non-hydrogen) atoms. The van der Waals surface area contributed by atoms with Crippen molar-refractivity contribution in [1.82, 2.24) is 10.3 Å². The lowest BCUT2D eigenvalue weighted by Crippen LogP contribution is -2.32.